The molecule has 1 fully saturated rings. The van der Waals surface area contributed by atoms with E-state index in [-0.39, 0.29) is 0 Å². The zero-order valence-corrected chi connectivity index (χ0v) is 11.8. The molecule has 0 saturated carbocycles. The smallest absolute Gasteiger partial charge is 0.142 e. The molecule has 1 saturated heterocycles. The van der Waals surface area contributed by atoms with Crippen LogP contribution in [0.15, 0.2) is 22.7 Å². The predicted octanol–water partition coefficient (Wildman–Crippen LogP) is 3.44. The second-order valence-electron chi connectivity index (χ2n) is 4.37. The van der Waals surface area contributed by atoms with Crippen molar-refractivity contribution in [2.24, 2.45) is 0 Å². The summed E-state index contributed by atoms with van der Waals surface area (Å²) >= 11 is 3.46. The second-order valence-corrected chi connectivity index (χ2v) is 5.29. The van der Waals surface area contributed by atoms with Crippen molar-refractivity contribution in [1.82, 2.24) is 0 Å². The van der Waals surface area contributed by atoms with E-state index in [9.17, 15) is 0 Å². The number of hydrogen-bond donors (Lipinski definition) is 1. The molecule has 0 amide bonds. The SMILES string of the molecule is COc1ccc(Br)cc1NCC1CCC(C)O1. The number of halogens is 1. The largest absolute Gasteiger partial charge is 0.495 e. The summed E-state index contributed by atoms with van der Waals surface area (Å²) < 4.78 is 12.1. The molecule has 3 nitrogen and oxygen atoms in total. The number of rotatable bonds is 4. The molecule has 0 bridgehead atoms. The van der Waals surface area contributed by atoms with Crippen LogP contribution in [0.4, 0.5) is 5.69 Å². The lowest BCUT2D eigenvalue weighted by Gasteiger charge is -2.15. The second kappa shape index (κ2) is 5.74. The van der Waals surface area contributed by atoms with Crippen LogP contribution in [0.1, 0.15) is 19.8 Å². The minimum Gasteiger partial charge on any atom is -0.495 e. The van der Waals surface area contributed by atoms with Crippen molar-refractivity contribution in [3.63, 3.8) is 0 Å². The Labute approximate surface area is 111 Å². The quantitative estimate of drug-likeness (QED) is 0.924. The lowest BCUT2D eigenvalue weighted by molar-refractivity contribution is 0.0637. The summed E-state index contributed by atoms with van der Waals surface area (Å²) in [5.41, 5.74) is 1.00. The van der Waals surface area contributed by atoms with Crippen LogP contribution >= 0.6 is 15.9 Å². The lowest BCUT2D eigenvalue weighted by Crippen LogP contribution is -2.20. The third kappa shape index (κ3) is 3.36. The van der Waals surface area contributed by atoms with Gasteiger partial charge < -0.3 is 14.8 Å². The van der Waals surface area contributed by atoms with E-state index in [1.54, 1.807) is 7.11 Å². The molecular formula is C13H18BrNO2. The van der Waals surface area contributed by atoms with E-state index in [4.69, 9.17) is 9.47 Å². The Balaban J connectivity index is 1.96. The molecule has 17 heavy (non-hydrogen) atoms. The van der Waals surface area contributed by atoms with Crippen molar-refractivity contribution in [2.75, 3.05) is 19.0 Å². The monoisotopic (exact) mass is 299 g/mol. The molecule has 1 heterocycles. The number of hydrogen-bond acceptors (Lipinski definition) is 3. The van der Waals surface area contributed by atoms with Crippen molar-refractivity contribution in [2.45, 2.75) is 32.0 Å². The Hall–Kier alpha value is -0.740. The maximum Gasteiger partial charge on any atom is 0.142 e. The van der Waals surface area contributed by atoms with Crippen molar-refractivity contribution in [1.29, 1.82) is 0 Å². The van der Waals surface area contributed by atoms with Gasteiger partial charge >= 0.3 is 0 Å². The van der Waals surface area contributed by atoms with E-state index in [0.29, 0.717) is 12.2 Å². The van der Waals surface area contributed by atoms with Gasteiger partial charge in [0.1, 0.15) is 5.75 Å². The van der Waals surface area contributed by atoms with Crippen LogP contribution in [0.3, 0.4) is 0 Å². The number of anilines is 1. The lowest BCUT2D eigenvalue weighted by atomic mass is 10.2. The molecule has 2 atom stereocenters. The summed E-state index contributed by atoms with van der Waals surface area (Å²) in [6.45, 7) is 2.96. The van der Waals surface area contributed by atoms with Gasteiger partial charge in [0.2, 0.25) is 0 Å². The van der Waals surface area contributed by atoms with Gasteiger partial charge in [0.15, 0.2) is 0 Å². The average Bonchev–Trinajstić information content (AvgIpc) is 2.73. The highest BCUT2D eigenvalue weighted by Crippen LogP contribution is 2.28. The van der Waals surface area contributed by atoms with E-state index in [1.165, 1.54) is 0 Å². The molecule has 1 aromatic rings. The first-order chi connectivity index (χ1) is 8.19. The fourth-order valence-corrected chi connectivity index (χ4v) is 2.44. The minimum atomic E-state index is 0.314. The van der Waals surface area contributed by atoms with Gasteiger partial charge in [0.25, 0.3) is 0 Å². The van der Waals surface area contributed by atoms with Crippen LogP contribution in [0.5, 0.6) is 5.75 Å². The Bertz CT molecular complexity index is 384. The zero-order chi connectivity index (χ0) is 12.3. The Morgan fingerprint density at radius 2 is 2.29 bits per heavy atom. The maximum absolute atomic E-state index is 5.77. The van der Waals surface area contributed by atoms with Gasteiger partial charge in [-0.2, -0.15) is 0 Å². The Morgan fingerprint density at radius 3 is 2.94 bits per heavy atom. The first-order valence-electron chi connectivity index (χ1n) is 5.92. The highest BCUT2D eigenvalue weighted by atomic mass is 79.9. The molecule has 0 radical (unpaired) electrons. The van der Waals surface area contributed by atoms with Gasteiger partial charge in [0.05, 0.1) is 25.0 Å². The van der Waals surface area contributed by atoms with Gasteiger partial charge in [-0.25, -0.2) is 0 Å². The van der Waals surface area contributed by atoms with Crippen LogP contribution in [0.2, 0.25) is 0 Å². The average molecular weight is 300 g/mol. The Kier molecular flexibility index (Phi) is 4.29. The molecule has 94 valence electrons. The van der Waals surface area contributed by atoms with Gasteiger partial charge in [0, 0.05) is 11.0 Å². The predicted molar refractivity (Wildman–Crippen MR) is 72.8 cm³/mol. The molecule has 0 spiro atoms. The standard InChI is InChI=1S/C13H18BrNO2/c1-9-3-5-11(17-9)8-15-12-7-10(14)4-6-13(12)16-2/h4,6-7,9,11,15H,3,5,8H2,1-2H3. The van der Waals surface area contributed by atoms with E-state index in [2.05, 4.69) is 28.2 Å². The summed E-state index contributed by atoms with van der Waals surface area (Å²) in [7, 11) is 1.68. The fourth-order valence-electron chi connectivity index (χ4n) is 2.08. The van der Waals surface area contributed by atoms with Crippen molar-refractivity contribution in [3.8, 4) is 5.75 Å². The van der Waals surface area contributed by atoms with Gasteiger partial charge in [-0.3, -0.25) is 0 Å². The van der Waals surface area contributed by atoms with E-state index >= 15 is 0 Å². The van der Waals surface area contributed by atoms with Crippen LogP contribution in [0.25, 0.3) is 0 Å². The van der Waals surface area contributed by atoms with Crippen molar-refractivity contribution < 1.29 is 9.47 Å². The normalized spacial score (nSPS) is 23.7. The van der Waals surface area contributed by atoms with Gasteiger partial charge in [-0.1, -0.05) is 15.9 Å². The highest BCUT2D eigenvalue weighted by Gasteiger charge is 2.21. The molecule has 0 aromatic heterocycles. The van der Waals surface area contributed by atoms with E-state index < -0.39 is 0 Å². The van der Waals surface area contributed by atoms with Crippen LogP contribution in [0, 0.1) is 0 Å². The van der Waals surface area contributed by atoms with E-state index in [0.717, 1.165) is 35.3 Å². The third-order valence-electron chi connectivity index (χ3n) is 3.00. The number of ether oxygens (including phenoxy) is 2. The van der Waals surface area contributed by atoms with Crippen molar-refractivity contribution in [3.05, 3.63) is 22.7 Å². The molecule has 2 unspecified atom stereocenters. The van der Waals surface area contributed by atoms with Gasteiger partial charge in [-0.05, 0) is 38.0 Å². The first-order valence-corrected chi connectivity index (χ1v) is 6.71. The van der Waals surface area contributed by atoms with Gasteiger partial charge in [-0.15, -0.1) is 0 Å². The van der Waals surface area contributed by atoms with Crippen LogP contribution < -0.4 is 10.1 Å². The Morgan fingerprint density at radius 1 is 1.47 bits per heavy atom. The maximum atomic E-state index is 5.77. The summed E-state index contributed by atoms with van der Waals surface area (Å²) in [6.07, 6.45) is 2.99. The zero-order valence-electron chi connectivity index (χ0n) is 10.2. The number of methoxy groups -OCH3 is 1. The van der Waals surface area contributed by atoms with Crippen molar-refractivity contribution >= 4 is 21.6 Å². The number of nitrogens with one attached hydrogen (secondary N) is 1. The highest BCUT2D eigenvalue weighted by molar-refractivity contribution is 9.10. The summed E-state index contributed by atoms with van der Waals surface area (Å²) in [6, 6.07) is 5.94. The van der Waals surface area contributed by atoms with Crippen LogP contribution in [-0.2, 0) is 4.74 Å². The molecular weight excluding hydrogens is 282 g/mol. The molecule has 1 aliphatic rings. The topological polar surface area (TPSA) is 30.5 Å². The summed E-state index contributed by atoms with van der Waals surface area (Å²) in [5, 5.41) is 3.39. The molecule has 1 N–H and O–H groups in total. The number of benzene rings is 1. The molecule has 0 aliphatic carbocycles. The molecule has 1 aromatic carbocycles. The fraction of sp³-hybridized carbons (Fsp3) is 0.538. The summed E-state index contributed by atoms with van der Waals surface area (Å²) in [5.74, 6) is 0.860. The molecule has 4 heteroatoms. The molecule has 1 aliphatic heterocycles. The third-order valence-corrected chi connectivity index (χ3v) is 3.49. The van der Waals surface area contributed by atoms with E-state index in [1.807, 2.05) is 18.2 Å². The molecule has 2 rings (SSSR count). The van der Waals surface area contributed by atoms with Crippen LogP contribution in [-0.4, -0.2) is 25.9 Å². The first kappa shape index (κ1) is 12.7. The minimum absolute atomic E-state index is 0.314. The summed E-state index contributed by atoms with van der Waals surface area (Å²) in [4.78, 5) is 0.